The fraction of sp³-hybridized carbons (Fsp3) is 0.455. The van der Waals surface area contributed by atoms with Crippen LogP contribution in [-0.2, 0) is 0 Å². The summed E-state index contributed by atoms with van der Waals surface area (Å²) in [6, 6.07) is 10.7. The van der Waals surface area contributed by atoms with Crippen LogP contribution >= 0.6 is 11.8 Å². The van der Waals surface area contributed by atoms with E-state index in [1.165, 1.54) is 9.78 Å². The van der Waals surface area contributed by atoms with E-state index >= 15 is 0 Å². The molecule has 0 saturated carbocycles. The van der Waals surface area contributed by atoms with Crippen molar-refractivity contribution in [3.05, 3.63) is 30.3 Å². The second-order valence-electron chi connectivity index (χ2n) is 3.47. The number of aliphatic hydroxyl groups is 1. The summed E-state index contributed by atoms with van der Waals surface area (Å²) in [4.78, 5) is 0. The molecule has 0 radical (unpaired) electrons. The topological polar surface area (TPSA) is 20.2 Å². The van der Waals surface area contributed by atoms with E-state index < -0.39 is 0 Å². The first-order chi connectivity index (χ1) is 6.84. The van der Waals surface area contributed by atoms with Crippen molar-refractivity contribution in [2.75, 3.05) is 5.75 Å². The molecule has 1 nitrogen and oxygen atoms in total. The van der Waals surface area contributed by atoms with E-state index in [4.69, 9.17) is 0 Å². The number of benzene rings is 1. The van der Waals surface area contributed by atoms with Crippen molar-refractivity contribution >= 4 is 31.2 Å². The van der Waals surface area contributed by atoms with E-state index in [9.17, 15) is 5.11 Å². The third-order valence-corrected chi connectivity index (χ3v) is 6.59. The van der Waals surface area contributed by atoms with Crippen LogP contribution in [0.5, 0.6) is 0 Å². The Morgan fingerprint density at radius 3 is 2.79 bits per heavy atom. The molecule has 1 saturated heterocycles. The summed E-state index contributed by atoms with van der Waals surface area (Å²) in [5.74, 6) is 0.940. The normalized spacial score (nSPS) is 26.6. The molecule has 1 aromatic carbocycles. The van der Waals surface area contributed by atoms with Crippen LogP contribution in [0.25, 0.3) is 0 Å². The van der Waals surface area contributed by atoms with Gasteiger partial charge in [-0.2, -0.15) is 0 Å². The minimum absolute atomic E-state index is 0.0448. The van der Waals surface area contributed by atoms with Gasteiger partial charge in [-0.25, -0.2) is 0 Å². The van der Waals surface area contributed by atoms with E-state index in [-0.39, 0.29) is 6.10 Å². The molecule has 1 fully saturated rings. The Balaban J connectivity index is 1.78. The maximum atomic E-state index is 9.38. The van der Waals surface area contributed by atoms with Gasteiger partial charge in [-0.15, -0.1) is 0 Å². The molecule has 1 heterocycles. The molecule has 1 aromatic rings. The summed E-state index contributed by atoms with van der Waals surface area (Å²) < 4.78 is 1.47. The molecule has 2 rings (SSSR count). The van der Waals surface area contributed by atoms with Gasteiger partial charge in [-0.1, -0.05) is 0 Å². The van der Waals surface area contributed by atoms with Crippen molar-refractivity contribution in [1.29, 1.82) is 0 Å². The molecular formula is C11H14OSSe. The second-order valence-corrected chi connectivity index (χ2v) is 7.10. The Hall–Kier alpha value is 0.0495. The van der Waals surface area contributed by atoms with Crippen molar-refractivity contribution in [1.82, 2.24) is 0 Å². The average molecular weight is 273 g/mol. The fourth-order valence-corrected chi connectivity index (χ4v) is 5.37. The van der Waals surface area contributed by atoms with Crippen LogP contribution in [0.2, 0.25) is 5.32 Å². The van der Waals surface area contributed by atoms with Crippen LogP contribution in [0, 0.1) is 0 Å². The van der Waals surface area contributed by atoms with Crippen LogP contribution in [0.3, 0.4) is 0 Å². The van der Waals surface area contributed by atoms with Gasteiger partial charge in [0.1, 0.15) is 0 Å². The van der Waals surface area contributed by atoms with Gasteiger partial charge < -0.3 is 0 Å². The molecule has 0 aliphatic carbocycles. The molecule has 0 spiro atoms. The quantitative estimate of drug-likeness (QED) is 0.838. The van der Waals surface area contributed by atoms with Crippen molar-refractivity contribution < 1.29 is 5.11 Å². The Bertz CT molecular complexity index is 278. The number of thioether (sulfide) groups is 1. The van der Waals surface area contributed by atoms with Crippen molar-refractivity contribution in [2.45, 2.75) is 23.1 Å². The van der Waals surface area contributed by atoms with E-state index in [0.29, 0.717) is 20.2 Å². The first-order valence-electron chi connectivity index (χ1n) is 4.82. The maximum absolute atomic E-state index is 9.38. The van der Waals surface area contributed by atoms with Crippen molar-refractivity contribution in [3.8, 4) is 0 Å². The monoisotopic (exact) mass is 274 g/mol. The zero-order chi connectivity index (χ0) is 9.80. The standard InChI is InChI=1S/C11H14OSSe/c12-9-6-10(13-7-9)8-14-11-4-2-1-3-5-11/h1-5,9-10,12H,6-8H2/t9-,10+/m1/s1. The van der Waals surface area contributed by atoms with Crippen LogP contribution in [0.15, 0.2) is 30.3 Å². The van der Waals surface area contributed by atoms with Gasteiger partial charge in [-0.05, 0) is 0 Å². The first-order valence-corrected chi connectivity index (χ1v) is 7.94. The van der Waals surface area contributed by atoms with Gasteiger partial charge in [-0.3, -0.25) is 0 Å². The predicted molar refractivity (Wildman–Crippen MR) is 63.5 cm³/mol. The molecular weight excluding hydrogens is 259 g/mol. The fourth-order valence-electron chi connectivity index (χ4n) is 1.51. The van der Waals surface area contributed by atoms with Gasteiger partial charge in [0.05, 0.1) is 0 Å². The zero-order valence-corrected chi connectivity index (χ0v) is 10.5. The number of rotatable bonds is 3. The molecule has 1 aliphatic heterocycles. The van der Waals surface area contributed by atoms with E-state index in [2.05, 4.69) is 30.3 Å². The number of hydrogen-bond donors (Lipinski definition) is 1. The summed E-state index contributed by atoms with van der Waals surface area (Å²) in [5, 5.41) is 11.3. The van der Waals surface area contributed by atoms with E-state index in [1.54, 1.807) is 0 Å². The van der Waals surface area contributed by atoms with Crippen LogP contribution in [-0.4, -0.2) is 37.2 Å². The number of aliphatic hydroxyl groups excluding tert-OH is 1. The molecule has 0 unspecified atom stereocenters. The summed E-state index contributed by atoms with van der Waals surface area (Å²) in [7, 11) is 0. The molecule has 0 amide bonds. The van der Waals surface area contributed by atoms with Gasteiger partial charge in [0, 0.05) is 0 Å². The molecule has 2 atom stereocenters. The van der Waals surface area contributed by atoms with Crippen LogP contribution in [0.1, 0.15) is 6.42 Å². The summed E-state index contributed by atoms with van der Waals surface area (Å²) >= 11 is 2.52. The molecule has 3 heteroatoms. The van der Waals surface area contributed by atoms with E-state index in [1.807, 2.05) is 11.8 Å². The van der Waals surface area contributed by atoms with Gasteiger partial charge in [0.15, 0.2) is 0 Å². The Morgan fingerprint density at radius 2 is 2.14 bits per heavy atom. The minimum atomic E-state index is -0.0448. The SMILES string of the molecule is O[C@H]1CS[C@H](C[Se]c2ccccc2)C1. The van der Waals surface area contributed by atoms with Crippen molar-refractivity contribution in [2.24, 2.45) is 0 Å². The summed E-state index contributed by atoms with van der Waals surface area (Å²) in [6.45, 7) is 0. The molecule has 0 aromatic heterocycles. The zero-order valence-electron chi connectivity index (χ0n) is 7.93. The predicted octanol–water partition coefficient (Wildman–Crippen LogP) is 1.30. The Labute approximate surface area is 95.4 Å². The third kappa shape index (κ3) is 3.03. The molecule has 14 heavy (non-hydrogen) atoms. The Morgan fingerprint density at radius 1 is 1.36 bits per heavy atom. The second kappa shape index (κ2) is 5.22. The summed E-state index contributed by atoms with van der Waals surface area (Å²) in [5.41, 5.74) is 0. The molecule has 1 N–H and O–H groups in total. The van der Waals surface area contributed by atoms with Gasteiger partial charge in [0.2, 0.25) is 0 Å². The molecule has 76 valence electrons. The summed E-state index contributed by atoms with van der Waals surface area (Å²) in [6.07, 6.45) is 0.954. The molecule has 0 bridgehead atoms. The number of hydrogen-bond acceptors (Lipinski definition) is 2. The average Bonchev–Trinajstić information content (AvgIpc) is 2.63. The van der Waals surface area contributed by atoms with Crippen molar-refractivity contribution in [3.63, 3.8) is 0 Å². The first kappa shape index (κ1) is 10.6. The Kier molecular flexibility index (Phi) is 3.94. The van der Waals surface area contributed by atoms with Crippen LogP contribution in [0.4, 0.5) is 0 Å². The third-order valence-electron chi connectivity index (χ3n) is 2.24. The molecule has 1 aliphatic rings. The van der Waals surface area contributed by atoms with Gasteiger partial charge >= 0.3 is 95.5 Å². The van der Waals surface area contributed by atoms with E-state index in [0.717, 1.165) is 12.2 Å². The van der Waals surface area contributed by atoms with Gasteiger partial charge in [0.25, 0.3) is 0 Å². The van der Waals surface area contributed by atoms with Crippen LogP contribution < -0.4 is 4.46 Å².